The number of ether oxygens (including phenoxy) is 1. The largest absolute Gasteiger partial charge is 0.462 e. The van der Waals surface area contributed by atoms with Crippen LogP contribution in [0.4, 0.5) is 5.69 Å². The van der Waals surface area contributed by atoms with E-state index in [1.807, 2.05) is 0 Å². The number of nitrogens with zero attached hydrogens (tertiary/aromatic N) is 2. The van der Waals surface area contributed by atoms with Gasteiger partial charge in [-0.1, -0.05) is 0 Å². The van der Waals surface area contributed by atoms with Crippen molar-refractivity contribution in [1.29, 1.82) is 0 Å². The second-order valence-electron chi connectivity index (χ2n) is 2.66. The minimum atomic E-state index is -0.440. The Balaban J connectivity index is 3.02. The fraction of sp³-hybridized carbons (Fsp3) is 0.300. The number of hydrogen-bond donors (Lipinski definition) is 0. The topological polar surface area (TPSA) is 43.5 Å². The van der Waals surface area contributed by atoms with Crippen molar-refractivity contribution in [2.75, 3.05) is 6.61 Å². The maximum Gasteiger partial charge on any atom is 0.338 e. The summed E-state index contributed by atoms with van der Waals surface area (Å²) in [5, 5.41) is 0. The summed E-state index contributed by atoms with van der Waals surface area (Å²) in [7, 11) is 0. The quantitative estimate of drug-likeness (QED) is 0.530. The Morgan fingerprint density at radius 3 is 3.00 bits per heavy atom. The van der Waals surface area contributed by atoms with Crippen LogP contribution in [-0.2, 0) is 4.74 Å². The number of aromatic nitrogens is 1. The zero-order valence-electron chi connectivity index (χ0n) is 8.07. The molecule has 4 heteroatoms. The van der Waals surface area contributed by atoms with Gasteiger partial charge in [0.15, 0.2) is 0 Å². The van der Waals surface area contributed by atoms with Crippen LogP contribution in [-0.4, -0.2) is 17.6 Å². The van der Waals surface area contributed by atoms with Crippen LogP contribution in [0.1, 0.15) is 23.0 Å². The molecule has 0 saturated carbocycles. The van der Waals surface area contributed by atoms with Crippen molar-refractivity contribution in [3.8, 4) is 0 Å². The highest BCUT2D eigenvalue weighted by Crippen LogP contribution is 2.17. The molecule has 0 unspecified atom stereocenters. The first-order chi connectivity index (χ1) is 6.69. The summed E-state index contributed by atoms with van der Waals surface area (Å²) in [6.45, 7) is 10.6. The highest BCUT2D eigenvalue weighted by atomic mass is 16.5. The monoisotopic (exact) mass is 190 g/mol. The van der Waals surface area contributed by atoms with Gasteiger partial charge in [0.25, 0.3) is 0 Å². The molecule has 0 bridgehead atoms. The molecule has 72 valence electrons. The number of hydrogen-bond acceptors (Lipinski definition) is 3. The van der Waals surface area contributed by atoms with Gasteiger partial charge in [-0.05, 0) is 19.9 Å². The molecule has 0 aliphatic heterocycles. The van der Waals surface area contributed by atoms with Crippen LogP contribution >= 0.6 is 0 Å². The standard InChI is InChI=1S/C10H10N2O2/c1-4-14-10(13)8-5-9(11-3)7(2)12-6-8/h5-6H,4H2,1-2H3. The number of pyridine rings is 1. The number of aryl methyl sites for hydroxylation is 1. The lowest BCUT2D eigenvalue weighted by atomic mass is 10.2. The van der Waals surface area contributed by atoms with E-state index in [-0.39, 0.29) is 0 Å². The third-order valence-electron chi connectivity index (χ3n) is 1.69. The highest BCUT2D eigenvalue weighted by Gasteiger charge is 2.09. The van der Waals surface area contributed by atoms with Crippen LogP contribution in [0.25, 0.3) is 4.85 Å². The van der Waals surface area contributed by atoms with Crippen LogP contribution < -0.4 is 0 Å². The summed E-state index contributed by atoms with van der Waals surface area (Å²) < 4.78 is 4.79. The van der Waals surface area contributed by atoms with Crippen molar-refractivity contribution < 1.29 is 9.53 Å². The molecule has 0 N–H and O–H groups in total. The van der Waals surface area contributed by atoms with E-state index in [1.54, 1.807) is 13.8 Å². The van der Waals surface area contributed by atoms with Crippen molar-refractivity contribution in [3.05, 3.63) is 34.9 Å². The molecule has 0 radical (unpaired) electrons. The molecule has 0 spiro atoms. The Hall–Kier alpha value is -1.89. The van der Waals surface area contributed by atoms with Gasteiger partial charge in [-0.3, -0.25) is 4.98 Å². The Morgan fingerprint density at radius 1 is 1.71 bits per heavy atom. The normalized spacial score (nSPS) is 9.21. The molecule has 0 aliphatic rings. The van der Waals surface area contributed by atoms with Gasteiger partial charge in [-0.25, -0.2) is 9.64 Å². The summed E-state index contributed by atoms with van der Waals surface area (Å²) in [6, 6.07) is 1.49. The van der Waals surface area contributed by atoms with E-state index in [0.717, 1.165) is 0 Å². The predicted molar refractivity (Wildman–Crippen MR) is 51.2 cm³/mol. The third kappa shape index (κ3) is 2.07. The average molecular weight is 190 g/mol. The van der Waals surface area contributed by atoms with Gasteiger partial charge in [0, 0.05) is 11.9 Å². The first-order valence-electron chi connectivity index (χ1n) is 4.20. The molecule has 1 aromatic heterocycles. The van der Waals surface area contributed by atoms with Crippen molar-refractivity contribution in [3.63, 3.8) is 0 Å². The summed E-state index contributed by atoms with van der Waals surface area (Å²) in [5.41, 5.74) is 1.33. The molecule has 0 aliphatic carbocycles. The van der Waals surface area contributed by atoms with Crippen molar-refractivity contribution >= 4 is 11.7 Å². The van der Waals surface area contributed by atoms with E-state index in [1.165, 1.54) is 12.3 Å². The molecule has 4 nitrogen and oxygen atoms in total. The van der Waals surface area contributed by atoms with Gasteiger partial charge in [-0.2, -0.15) is 0 Å². The zero-order valence-corrected chi connectivity index (χ0v) is 8.07. The molecule has 1 heterocycles. The lowest BCUT2D eigenvalue weighted by Gasteiger charge is -2.02. The summed E-state index contributed by atoms with van der Waals surface area (Å²) in [4.78, 5) is 18.5. The second-order valence-corrected chi connectivity index (χ2v) is 2.66. The Morgan fingerprint density at radius 2 is 2.43 bits per heavy atom. The van der Waals surface area contributed by atoms with E-state index < -0.39 is 5.97 Å². The molecule has 0 saturated heterocycles. The summed E-state index contributed by atoms with van der Waals surface area (Å²) in [5.74, 6) is -0.440. The van der Waals surface area contributed by atoms with Gasteiger partial charge in [0.2, 0.25) is 5.69 Å². The van der Waals surface area contributed by atoms with E-state index in [4.69, 9.17) is 11.3 Å². The van der Waals surface area contributed by atoms with Crippen LogP contribution in [0.15, 0.2) is 12.3 Å². The Kier molecular flexibility index (Phi) is 3.19. The fourth-order valence-electron chi connectivity index (χ4n) is 0.961. The number of carbonyl (C=O) groups excluding carboxylic acids is 1. The van der Waals surface area contributed by atoms with E-state index in [9.17, 15) is 4.79 Å². The van der Waals surface area contributed by atoms with Crippen molar-refractivity contribution in [2.24, 2.45) is 0 Å². The van der Waals surface area contributed by atoms with Gasteiger partial charge < -0.3 is 4.74 Å². The van der Waals surface area contributed by atoms with Crippen LogP contribution in [0.3, 0.4) is 0 Å². The van der Waals surface area contributed by atoms with E-state index in [2.05, 4.69) is 9.83 Å². The number of rotatable bonds is 2. The maximum absolute atomic E-state index is 11.3. The number of esters is 1. The van der Waals surface area contributed by atoms with Crippen LogP contribution in [0, 0.1) is 13.5 Å². The minimum absolute atomic E-state index is 0.320. The lowest BCUT2D eigenvalue weighted by Crippen LogP contribution is -2.05. The van der Waals surface area contributed by atoms with E-state index in [0.29, 0.717) is 23.6 Å². The Bertz CT molecular complexity index is 394. The summed E-state index contributed by atoms with van der Waals surface area (Å²) in [6.07, 6.45) is 1.42. The highest BCUT2D eigenvalue weighted by molar-refractivity contribution is 5.90. The van der Waals surface area contributed by atoms with Gasteiger partial charge >= 0.3 is 5.97 Å². The third-order valence-corrected chi connectivity index (χ3v) is 1.69. The lowest BCUT2D eigenvalue weighted by molar-refractivity contribution is 0.0526. The van der Waals surface area contributed by atoms with Gasteiger partial charge in [-0.15, -0.1) is 0 Å². The fourth-order valence-corrected chi connectivity index (χ4v) is 0.961. The minimum Gasteiger partial charge on any atom is -0.462 e. The SMILES string of the molecule is [C-]#[N+]c1cc(C(=O)OCC)cnc1C. The predicted octanol–water partition coefficient (Wildman–Crippen LogP) is 2.12. The second kappa shape index (κ2) is 4.38. The summed E-state index contributed by atoms with van der Waals surface area (Å²) >= 11 is 0. The number of carbonyl (C=O) groups is 1. The van der Waals surface area contributed by atoms with Crippen LogP contribution in [0.2, 0.25) is 0 Å². The van der Waals surface area contributed by atoms with Crippen LogP contribution in [0.5, 0.6) is 0 Å². The Labute approximate surface area is 82.4 Å². The van der Waals surface area contributed by atoms with E-state index >= 15 is 0 Å². The molecular weight excluding hydrogens is 180 g/mol. The smallest absolute Gasteiger partial charge is 0.338 e. The molecule has 1 aromatic rings. The molecule has 1 rings (SSSR count). The molecule has 0 fully saturated rings. The molecule has 0 amide bonds. The van der Waals surface area contributed by atoms with Gasteiger partial charge in [0.05, 0.1) is 18.7 Å². The zero-order chi connectivity index (χ0) is 10.6. The van der Waals surface area contributed by atoms with Crippen molar-refractivity contribution in [1.82, 2.24) is 4.98 Å². The molecule has 0 atom stereocenters. The maximum atomic E-state index is 11.3. The van der Waals surface area contributed by atoms with Crippen molar-refractivity contribution in [2.45, 2.75) is 13.8 Å². The first kappa shape index (κ1) is 10.2. The molecule has 0 aromatic carbocycles. The van der Waals surface area contributed by atoms with Gasteiger partial charge in [0.1, 0.15) is 0 Å². The molecular formula is C10H10N2O2. The first-order valence-corrected chi connectivity index (χ1v) is 4.20. The average Bonchev–Trinajstić information content (AvgIpc) is 2.19. The molecule has 14 heavy (non-hydrogen) atoms.